The number of aromatic nitrogens is 1. The van der Waals surface area contributed by atoms with Gasteiger partial charge in [0.1, 0.15) is 0 Å². The van der Waals surface area contributed by atoms with Crippen molar-refractivity contribution in [3.8, 4) is 27.9 Å². The van der Waals surface area contributed by atoms with Crippen LogP contribution in [-0.4, -0.2) is 11.1 Å². The van der Waals surface area contributed by atoms with E-state index in [1.165, 1.54) is 66.7 Å². The molecule has 0 aliphatic carbocycles. The Labute approximate surface area is 258 Å². The third kappa shape index (κ3) is 4.71. The highest BCUT2D eigenvalue weighted by Crippen LogP contribution is 2.38. The molecule has 210 valence electrons. The molecule has 0 radical (unpaired) electrons. The number of nitrogens with zero attached hydrogens (tertiary/aromatic N) is 2. The molecule has 0 unspecified atom stereocenters. The zero-order valence-electron chi connectivity index (χ0n) is 24.5. The molecule has 2 heteroatoms. The third-order valence-electron chi connectivity index (χ3n) is 8.66. The van der Waals surface area contributed by atoms with E-state index in [0.717, 1.165) is 13.0 Å². The first-order valence-corrected chi connectivity index (χ1v) is 15.3. The van der Waals surface area contributed by atoms with Gasteiger partial charge in [-0.15, -0.1) is 0 Å². The molecule has 0 saturated carbocycles. The van der Waals surface area contributed by atoms with Crippen LogP contribution >= 0.6 is 0 Å². The zero-order chi connectivity index (χ0) is 29.3. The van der Waals surface area contributed by atoms with Crippen LogP contribution in [0.5, 0.6) is 0 Å². The Bertz CT molecular complexity index is 2170. The molecular weight excluding hydrogens is 532 g/mol. The Hall–Kier alpha value is -5.60. The minimum absolute atomic E-state index is 0.805. The molecule has 8 rings (SSSR count). The fourth-order valence-corrected chi connectivity index (χ4v) is 6.54. The normalized spacial score (nSPS) is 14.5. The smallest absolute Gasteiger partial charge is 0.0541 e. The first kappa shape index (κ1) is 26.1. The van der Waals surface area contributed by atoms with Crippen molar-refractivity contribution in [2.45, 2.75) is 6.42 Å². The van der Waals surface area contributed by atoms with Crippen LogP contribution in [0, 0.1) is 0 Å². The van der Waals surface area contributed by atoms with Crippen LogP contribution in [0.25, 0.3) is 49.7 Å². The van der Waals surface area contributed by atoms with Gasteiger partial charge < -0.3 is 9.47 Å². The summed E-state index contributed by atoms with van der Waals surface area (Å²) in [5, 5.41) is 2.54. The highest BCUT2D eigenvalue weighted by Gasteiger charge is 2.17. The number of benzene rings is 6. The van der Waals surface area contributed by atoms with E-state index in [0.29, 0.717) is 0 Å². The second-order valence-electron chi connectivity index (χ2n) is 11.4. The molecular formula is C42H32N2. The van der Waals surface area contributed by atoms with Gasteiger partial charge in [0.15, 0.2) is 0 Å². The monoisotopic (exact) mass is 564 g/mol. The molecule has 2 heterocycles. The average molecular weight is 565 g/mol. The number of rotatable bonds is 4. The first-order chi connectivity index (χ1) is 21.8. The Morgan fingerprint density at radius 3 is 1.98 bits per heavy atom. The van der Waals surface area contributed by atoms with E-state index in [2.05, 4.69) is 179 Å². The first-order valence-electron chi connectivity index (χ1n) is 15.3. The molecule has 1 aromatic heterocycles. The molecule has 6 aromatic carbocycles. The van der Waals surface area contributed by atoms with E-state index < -0.39 is 0 Å². The number of hydrogen-bond acceptors (Lipinski definition) is 1. The summed E-state index contributed by atoms with van der Waals surface area (Å²) >= 11 is 0. The second-order valence-corrected chi connectivity index (χ2v) is 11.4. The quantitative estimate of drug-likeness (QED) is 0.206. The molecule has 2 nitrogen and oxygen atoms in total. The molecule has 7 aromatic rings. The average Bonchev–Trinajstić information content (AvgIpc) is 3.47. The lowest BCUT2D eigenvalue weighted by Gasteiger charge is -2.27. The lowest BCUT2D eigenvalue weighted by Crippen LogP contribution is -2.18. The molecule has 0 atom stereocenters. The summed E-state index contributed by atoms with van der Waals surface area (Å²) in [5.74, 6) is 0. The Kier molecular flexibility index (Phi) is 6.66. The van der Waals surface area contributed by atoms with Crippen molar-refractivity contribution in [1.82, 2.24) is 4.57 Å². The standard InChI is InChI=1S/C42H32N2/c1-2-12-27-43(37-20-13-17-32(29-37)31-14-6-3-7-15-31)40-25-23-33(28-35(40)16-5-1)34-24-26-42-39(30-34)38-21-10-11-22-41(38)44(42)36-18-8-4-9-19-36/h1-15,17-26,28-30H,16,27H2/b5-1-,12-2-. The Morgan fingerprint density at radius 2 is 1.09 bits per heavy atom. The summed E-state index contributed by atoms with van der Waals surface area (Å²) in [6.45, 7) is 0.805. The van der Waals surface area contributed by atoms with Crippen LogP contribution in [0.4, 0.5) is 11.4 Å². The Balaban J connectivity index is 1.23. The number of anilines is 2. The van der Waals surface area contributed by atoms with Gasteiger partial charge in [-0.05, 0) is 88.8 Å². The molecule has 44 heavy (non-hydrogen) atoms. The Morgan fingerprint density at radius 1 is 0.432 bits per heavy atom. The van der Waals surface area contributed by atoms with Crippen molar-refractivity contribution in [2.24, 2.45) is 0 Å². The summed E-state index contributed by atoms with van der Waals surface area (Å²) in [4.78, 5) is 2.44. The van der Waals surface area contributed by atoms with Crippen molar-refractivity contribution in [3.05, 3.63) is 175 Å². The molecule has 0 spiro atoms. The van der Waals surface area contributed by atoms with E-state index in [1.54, 1.807) is 0 Å². The van der Waals surface area contributed by atoms with Gasteiger partial charge >= 0.3 is 0 Å². The van der Waals surface area contributed by atoms with Crippen molar-refractivity contribution < 1.29 is 0 Å². The lowest BCUT2D eigenvalue weighted by molar-refractivity contribution is 1.07. The van der Waals surface area contributed by atoms with Crippen LogP contribution in [0.1, 0.15) is 5.56 Å². The number of allylic oxidation sites excluding steroid dienone is 3. The van der Waals surface area contributed by atoms with Crippen molar-refractivity contribution in [1.29, 1.82) is 0 Å². The predicted octanol–water partition coefficient (Wildman–Crippen LogP) is 10.9. The lowest BCUT2D eigenvalue weighted by atomic mass is 9.97. The van der Waals surface area contributed by atoms with Crippen LogP contribution in [-0.2, 0) is 6.42 Å². The van der Waals surface area contributed by atoms with Gasteiger partial charge in [0.2, 0.25) is 0 Å². The van der Waals surface area contributed by atoms with E-state index in [9.17, 15) is 0 Å². The predicted molar refractivity (Wildman–Crippen MR) is 187 cm³/mol. The topological polar surface area (TPSA) is 8.17 Å². The van der Waals surface area contributed by atoms with Gasteiger partial charge in [-0.3, -0.25) is 0 Å². The molecule has 1 aliphatic heterocycles. The van der Waals surface area contributed by atoms with E-state index in [1.807, 2.05) is 0 Å². The van der Waals surface area contributed by atoms with Gasteiger partial charge in [-0.1, -0.05) is 115 Å². The van der Waals surface area contributed by atoms with Gasteiger partial charge in [0.05, 0.1) is 11.0 Å². The number of fused-ring (bicyclic) bond motifs is 4. The summed E-state index contributed by atoms with van der Waals surface area (Å²) in [6.07, 6.45) is 9.71. The fraction of sp³-hybridized carbons (Fsp3) is 0.0476. The van der Waals surface area contributed by atoms with E-state index in [4.69, 9.17) is 0 Å². The SMILES string of the molecule is C1=C\Cc2cc(-c3ccc4c(c3)c3ccccc3n4-c3ccccc3)ccc2N(c2cccc(-c3ccccc3)c2)C\C=C/1. The molecule has 1 aliphatic rings. The fourth-order valence-electron chi connectivity index (χ4n) is 6.54. The van der Waals surface area contributed by atoms with Gasteiger partial charge in [-0.25, -0.2) is 0 Å². The third-order valence-corrected chi connectivity index (χ3v) is 8.66. The van der Waals surface area contributed by atoms with Crippen LogP contribution in [0.2, 0.25) is 0 Å². The molecule has 0 amide bonds. The van der Waals surface area contributed by atoms with Crippen LogP contribution in [0.3, 0.4) is 0 Å². The molecule has 0 bridgehead atoms. The summed E-state index contributed by atoms with van der Waals surface area (Å²) < 4.78 is 2.37. The zero-order valence-corrected chi connectivity index (χ0v) is 24.5. The number of para-hydroxylation sites is 2. The van der Waals surface area contributed by atoms with Crippen molar-refractivity contribution in [3.63, 3.8) is 0 Å². The highest BCUT2D eigenvalue weighted by atomic mass is 15.1. The van der Waals surface area contributed by atoms with Gasteiger partial charge in [-0.2, -0.15) is 0 Å². The minimum atomic E-state index is 0.805. The number of hydrogen-bond donors (Lipinski definition) is 0. The maximum atomic E-state index is 2.44. The van der Waals surface area contributed by atoms with E-state index >= 15 is 0 Å². The van der Waals surface area contributed by atoms with Crippen LogP contribution in [0.15, 0.2) is 170 Å². The maximum Gasteiger partial charge on any atom is 0.0541 e. The largest absolute Gasteiger partial charge is 0.337 e. The van der Waals surface area contributed by atoms with Crippen molar-refractivity contribution in [2.75, 3.05) is 11.4 Å². The second kappa shape index (κ2) is 11.2. The summed E-state index contributed by atoms with van der Waals surface area (Å²) in [6, 6.07) is 52.8. The summed E-state index contributed by atoms with van der Waals surface area (Å²) in [5.41, 5.74) is 12.3. The maximum absolute atomic E-state index is 2.44. The minimum Gasteiger partial charge on any atom is -0.337 e. The summed E-state index contributed by atoms with van der Waals surface area (Å²) in [7, 11) is 0. The van der Waals surface area contributed by atoms with Crippen molar-refractivity contribution >= 4 is 33.2 Å². The van der Waals surface area contributed by atoms with Gasteiger partial charge in [0.25, 0.3) is 0 Å². The highest BCUT2D eigenvalue weighted by molar-refractivity contribution is 6.10. The molecule has 0 fully saturated rings. The van der Waals surface area contributed by atoms with E-state index in [-0.39, 0.29) is 0 Å². The van der Waals surface area contributed by atoms with Crippen LogP contribution < -0.4 is 4.90 Å². The molecule has 0 N–H and O–H groups in total. The molecule has 0 saturated heterocycles. The van der Waals surface area contributed by atoms with Gasteiger partial charge in [0, 0.05) is 34.4 Å².